The third-order valence-corrected chi connectivity index (χ3v) is 2.04. The van der Waals surface area contributed by atoms with E-state index in [1.54, 1.807) is 0 Å². The molecule has 0 unspecified atom stereocenters. The molecular weight excluding hydrogens is 232 g/mol. The van der Waals surface area contributed by atoms with Gasteiger partial charge in [0.2, 0.25) is 0 Å². The first-order valence-corrected chi connectivity index (χ1v) is 4.72. The van der Waals surface area contributed by atoms with Gasteiger partial charge in [-0.15, -0.1) is 0 Å². The molecule has 17 heavy (non-hydrogen) atoms. The lowest BCUT2D eigenvalue weighted by Gasteiger charge is -2.08. The monoisotopic (exact) mass is 241 g/mol. The molecule has 0 spiro atoms. The van der Waals surface area contributed by atoms with E-state index < -0.39 is 12.6 Å². The number of hydrogen-bond donors (Lipinski definition) is 1. The molecule has 0 fully saturated rings. The molecule has 4 nitrogen and oxygen atoms in total. The lowest BCUT2D eigenvalue weighted by molar-refractivity contribution is -0.0498. The molecule has 1 rings (SSSR count). The van der Waals surface area contributed by atoms with Crippen LogP contribution in [0.15, 0.2) is 18.2 Å². The molecular formula is C11H9F2NO3. The van der Waals surface area contributed by atoms with E-state index >= 15 is 0 Å². The SMILES string of the molecule is N#CCCc1cc(OC(F)F)ccc1C(=O)O. The number of nitrogens with zero attached hydrogens (tertiary/aromatic N) is 1. The van der Waals surface area contributed by atoms with Crippen LogP contribution in [0.2, 0.25) is 0 Å². The second-order valence-corrected chi connectivity index (χ2v) is 3.16. The van der Waals surface area contributed by atoms with Crippen LogP contribution in [0.3, 0.4) is 0 Å². The summed E-state index contributed by atoms with van der Waals surface area (Å²) >= 11 is 0. The summed E-state index contributed by atoms with van der Waals surface area (Å²) in [4.78, 5) is 10.8. The van der Waals surface area contributed by atoms with Crippen LogP contribution >= 0.6 is 0 Å². The highest BCUT2D eigenvalue weighted by atomic mass is 19.3. The summed E-state index contributed by atoms with van der Waals surface area (Å²) in [6.45, 7) is -2.96. The van der Waals surface area contributed by atoms with Gasteiger partial charge in [0.15, 0.2) is 0 Å². The van der Waals surface area contributed by atoms with Gasteiger partial charge in [0.05, 0.1) is 11.6 Å². The molecule has 0 aliphatic rings. The number of nitriles is 1. The van der Waals surface area contributed by atoms with Crippen molar-refractivity contribution in [2.45, 2.75) is 19.5 Å². The summed E-state index contributed by atoms with van der Waals surface area (Å²) in [6, 6.07) is 5.42. The van der Waals surface area contributed by atoms with E-state index in [0.29, 0.717) is 5.56 Å². The van der Waals surface area contributed by atoms with Gasteiger partial charge in [0, 0.05) is 6.42 Å². The fourth-order valence-electron chi connectivity index (χ4n) is 1.35. The van der Waals surface area contributed by atoms with Crippen molar-refractivity contribution in [3.8, 4) is 11.8 Å². The van der Waals surface area contributed by atoms with Crippen molar-refractivity contribution in [3.63, 3.8) is 0 Å². The van der Waals surface area contributed by atoms with Crippen LogP contribution in [0.4, 0.5) is 8.78 Å². The zero-order valence-electron chi connectivity index (χ0n) is 8.69. The average molecular weight is 241 g/mol. The van der Waals surface area contributed by atoms with Gasteiger partial charge in [-0.3, -0.25) is 0 Å². The van der Waals surface area contributed by atoms with Crippen LogP contribution in [0.5, 0.6) is 5.75 Å². The number of aromatic carboxylic acids is 1. The summed E-state index contributed by atoms with van der Waals surface area (Å²) in [5.74, 6) is -1.28. The van der Waals surface area contributed by atoms with E-state index in [0.717, 1.165) is 6.07 Å². The van der Waals surface area contributed by atoms with Gasteiger partial charge in [-0.2, -0.15) is 14.0 Å². The number of alkyl halides is 2. The Morgan fingerprint density at radius 3 is 2.76 bits per heavy atom. The number of carbonyl (C=O) groups is 1. The van der Waals surface area contributed by atoms with Gasteiger partial charge >= 0.3 is 12.6 Å². The van der Waals surface area contributed by atoms with E-state index in [1.165, 1.54) is 12.1 Å². The van der Waals surface area contributed by atoms with Crippen molar-refractivity contribution in [2.24, 2.45) is 0 Å². The highest BCUT2D eigenvalue weighted by molar-refractivity contribution is 5.89. The smallest absolute Gasteiger partial charge is 0.387 e. The quantitative estimate of drug-likeness (QED) is 0.859. The minimum absolute atomic E-state index is 0.0122. The predicted molar refractivity (Wildman–Crippen MR) is 54.0 cm³/mol. The summed E-state index contributed by atoms with van der Waals surface area (Å²) in [5.41, 5.74) is 0.291. The Kier molecular flexibility index (Phi) is 4.40. The second kappa shape index (κ2) is 5.80. The molecule has 0 saturated carbocycles. The van der Waals surface area contributed by atoms with Crippen LogP contribution in [0.25, 0.3) is 0 Å². The molecule has 0 bridgehead atoms. The van der Waals surface area contributed by atoms with Gasteiger partial charge in [-0.25, -0.2) is 4.79 Å². The third kappa shape index (κ3) is 3.72. The number of hydrogen-bond acceptors (Lipinski definition) is 3. The fraction of sp³-hybridized carbons (Fsp3) is 0.273. The minimum atomic E-state index is -2.96. The Balaban J connectivity index is 3.01. The molecule has 6 heteroatoms. The van der Waals surface area contributed by atoms with Gasteiger partial charge in [0.25, 0.3) is 0 Å². The van der Waals surface area contributed by atoms with E-state index in [4.69, 9.17) is 10.4 Å². The molecule has 0 aromatic heterocycles. The molecule has 0 atom stereocenters. The molecule has 1 aromatic rings. The molecule has 0 radical (unpaired) electrons. The molecule has 1 aromatic carbocycles. The summed E-state index contributed by atoms with van der Waals surface area (Å²) < 4.78 is 28.1. The van der Waals surface area contributed by atoms with Crippen LogP contribution in [0, 0.1) is 11.3 Å². The number of aryl methyl sites for hydroxylation is 1. The maximum Gasteiger partial charge on any atom is 0.387 e. The van der Waals surface area contributed by atoms with Crippen LogP contribution in [-0.2, 0) is 6.42 Å². The molecule has 1 N–H and O–H groups in total. The van der Waals surface area contributed by atoms with E-state index in [2.05, 4.69) is 4.74 Å². The van der Waals surface area contributed by atoms with Crippen molar-refractivity contribution >= 4 is 5.97 Å². The van der Waals surface area contributed by atoms with Gasteiger partial charge < -0.3 is 9.84 Å². The lowest BCUT2D eigenvalue weighted by atomic mass is 10.0. The molecule has 90 valence electrons. The van der Waals surface area contributed by atoms with Crippen LogP contribution in [-0.4, -0.2) is 17.7 Å². The maximum absolute atomic E-state index is 12.0. The van der Waals surface area contributed by atoms with Crippen molar-refractivity contribution < 1.29 is 23.4 Å². The molecule has 0 saturated heterocycles. The van der Waals surface area contributed by atoms with Crippen molar-refractivity contribution in [1.82, 2.24) is 0 Å². The molecule has 0 aliphatic heterocycles. The Hall–Kier alpha value is -2.16. The first-order valence-electron chi connectivity index (χ1n) is 4.72. The number of ether oxygens (including phenoxy) is 1. The van der Waals surface area contributed by atoms with Crippen molar-refractivity contribution in [2.75, 3.05) is 0 Å². The summed E-state index contributed by atoms with van der Waals surface area (Å²) in [7, 11) is 0. The Bertz CT molecular complexity index is 455. The average Bonchev–Trinajstić information content (AvgIpc) is 2.25. The number of carboxylic acids is 1. The van der Waals surface area contributed by atoms with E-state index in [9.17, 15) is 13.6 Å². The van der Waals surface area contributed by atoms with Crippen molar-refractivity contribution in [1.29, 1.82) is 5.26 Å². The van der Waals surface area contributed by atoms with Gasteiger partial charge in [-0.1, -0.05) is 0 Å². The molecule has 0 heterocycles. The third-order valence-electron chi connectivity index (χ3n) is 2.04. The first-order chi connectivity index (χ1) is 8.04. The summed E-state index contributed by atoms with van der Waals surface area (Å²) in [6.07, 6.45) is 0.289. The minimum Gasteiger partial charge on any atom is -0.478 e. The highest BCUT2D eigenvalue weighted by Crippen LogP contribution is 2.21. The Labute approximate surface area is 96.0 Å². The largest absolute Gasteiger partial charge is 0.478 e. The highest BCUT2D eigenvalue weighted by Gasteiger charge is 2.12. The van der Waals surface area contributed by atoms with Crippen molar-refractivity contribution in [3.05, 3.63) is 29.3 Å². The summed E-state index contributed by atoms with van der Waals surface area (Å²) in [5, 5.41) is 17.3. The number of carboxylic acid groups (broad SMARTS) is 1. The number of halogens is 2. The normalized spacial score (nSPS) is 10.0. The van der Waals surface area contributed by atoms with Gasteiger partial charge in [0.1, 0.15) is 5.75 Å². The number of rotatable bonds is 5. The zero-order valence-corrected chi connectivity index (χ0v) is 8.69. The molecule has 0 aliphatic carbocycles. The zero-order chi connectivity index (χ0) is 12.8. The Morgan fingerprint density at radius 1 is 1.53 bits per heavy atom. The van der Waals surface area contributed by atoms with E-state index in [-0.39, 0.29) is 24.2 Å². The van der Waals surface area contributed by atoms with Crippen LogP contribution in [0.1, 0.15) is 22.3 Å². The standard InChI is InChI=1S/C11H9F2NO3/c12-11(13)17-8-3-4-9(10(15)16)7(6-8)2-1-5-14/h3-4,6,11H,1-2H2,(H,15,16). The first kappa shape index (κ1) is 12.9. The van der Waals surface area contributed by atoms with E-state index in [1.807, 2.05) is 6.07 Å². The lowest BCUT2D eigenvalue weighted by Crippen LogP contribution is -2.06. The van der Waals surface area contributed by atoms with Crippen LogP contribution < -0.4 is 4.74 Å². The fourth-order valence-corrected chi connectivity index (χ4v) is 1.35. The number of benzene rings is 1. The van der Waals surface area contributed by atoms with Gasteiger partial charge in [-0.05, 0) is 30.2 Å². The molecule has 0 amide bonds. The second-order valence-electron chi connectivity index (χ2n) is 3.16. The Morgan fingerprint density at radius 2 is 2.24 bits per heavy atom. The topological polar surface area (TPSA) is 70.3 Å². The predicted octanol–water partition coefficient (Wildman–Crippen LogP) is 2.44. The maximum atomic E-state index is 12.0.